The molecular formula is C21H25FN2O2. The Hall–Kier alpha value is -2.24. The second kappa shape index (κ2) is 8.43. The van der Waals surface area contributed by atoms with Crippen LogP contribution < -0.4 is 10.6 Å². The van der Waals surface area contributed by atoms with Crippen LogP contribution in [0.15, 0.2) is 48.5 Å². The number of benzene rings is 2. The van der Waals surface area contributed by atoms with E-state index in [2.05, 4.69) is 17.6 Å². The Morgan fingerprint density at radius 1 is 1.15 bits per heavy atom. The number of anilines is 1. The van der Waals surface area contributed by atoms with Crippen LogP contribution in [0.2, 0.25) is 0 Å². The van der Waals surface area contributed by atoms with Gasteiger partial charge in [-0.25, -0.2) is 4.39 Å². The number of hydrogen-bond donors (Lipinski definition) is 2. The highest BCUT2D eigenvalue weighted by Crippen LogP contribution is 2.36. The van der Waals surface area contributed by atoms with Gasteiger partial charge in [0.15, 0.2) is 0 Å². The molecule has 0 atom stereocenters. The molecule has 26 heavy (non-hydrogen) atoms. The summed E-state index contributed by atoms with van der Waals surface area (Å²) in [6, 6.07) is 14.1. The molecule has 4 nitrogen and oxygen atoms in total. The first-order chi connectivity index (χ1) is 12.6. The van der Waals surface area contributed by atoms with Crippen LogP contribution in [0, 0.1) is 5.82 Å². The average Bonchev–Trinajstić information content (AvgIpc) is 2.67. The Bertz CT molecular complexity index is 740. The molecule has 3 rings (SSSR count). The molecule has 1 amide bonds. The molecule has 1 saturated heterocycles. The maximum Gasteiger partial charge on any atom is 0.235 e. The van der Waals surface area contributed by atoms with Crippen molar-refractivity contribution in [3.8, 4) is 0 Å². The summed E-state index contributed by atoms with van der Waals surface area (Å²) < 4.78 is 18.8. The Morgan fingerprint density at radius 3 is 2.58 bits per heavy atom. The zero-order chi connectivity index (χ0) is 18.4. The van der Waals surface area contributed by atoms with Crippen molar-refractivity contribution < 1.29 is 13.9 Å². The molecule has 1 aliphatic heterocycles. The highest BCUT2D eigenvalue weighted by atomic mass is 19.1. The molecule has 1 aliphatic rings. The quantitative estimate of drug-likeness (QED) is 0.831. The average molecular weight is 356 g/mol. The van der Waals surface area contributed by atoms with Crippen LogP contribution in [0.1, 0.15) is 30.9 Å². The Morgan fingerprint density at radius 2 is 1.88 bits per heavy atom. The van der Waals surface area contributed by atoms with E-state index in [0.29, 0.717) is 26.1 Å². The first-order valence-corrected chi connectivity index (χ1v) is 9.09. The SMILES string of the molecule is CCNCc1cccc(NC(=O)C2(c3ccc(F)cc3)CCOCC2)c1. The zero-order valence-corrected chi connectivity index (χ0v) is 15.1. The third-order valence-corrected chi connectivity index (χ3v) is 4.94. The van der Waals surface area contributed by atoms with Crippen LogP contribution in [0.5, 0.6) is 0 Å². The van der Waals surface area contributed by atoms with E-state index in [0.717, 1.165) is 29.9 Å². The minimum Gasteiger partial charge on any atom is -0.381 e. The number of halogens is 1. The molecule has 138 valence electrons. The predicted octanol–water partition coefficient (Wildman–Crippen LogP) is 3.62. The summed E-state index contributed by atoms with van der Waals surface area (Å²) in [5.41, 5.74) is 2.04. The van der Waals surface area contributed by atoms with Crippen LogP contribution in [0.4, 0.5) is 10.1 Å². The van der Waals surface area contributed by atoms with E-state index in [1.165, 1.54) is 12.1 Å². The Labute approximate surface area is 153 Å². The molecular weight excluding hydrogens is 331 g/mol. The number of amides is 1. The van der Waals surface area contributed by atoms with Gasteiger partial charge >= 0.3 is 0 Å². The summed E-state index contributed by atoms with van der Waals surface area (Å²) in [5.74, 6) is -0.361. The van der Waals surface area contributed by atoms with Crippen molar-refractivity contribution in [1.82, 2.24) is 5.32 Å². The van der Waals surface area contributed by atoms with Crippen molar-refractivity contribution in [3.05, 3.63) is 65.5 Å². The summed E-state index contributed by atoms with van der Waals surface area (Å²) in [5, 5.41) is 6.35. The van der Waals surface area contributed by atoms with Gasteiger partial charge < -0.3 is 15.4 Å². The molecule has 0 bridgehead atoms. The summed E-state index contributed by atoms with van der Waals surface area (Å²) in [6.07, 6.45) is 1.17. The van der Waals surface area contributed by atoms with Crippen LogP contribution in [-0.2, 0) is 21.5 Å². The third-order valence-electron chi connectivity index (χ3n) is 4.94. The minimum atomic E-state index is -0.691. The summed E-state index contributed by atoms with van der Waals surface area (Å²) in [4.78, 5) is 13.2. The van der Waals surface area contributed by atoms with Crippen molar-refractivity contribution in [2.75, 3.05) is 25.1 Å². The molecule has 0 radical (unpaired) electrons. The van der Waals surface area contributed by atoms with Crippen LogP contribution in [0.25, 0.3) is 0 Å². The van der Waals surface area contributed by atoms with E-state index in [9.17, 15) is 9.18 Å². The van der Waals surface area contributed by atoms with E-state index >= 15 is 0 Å². The third kappa shape index (κ3) is 4.11. The van der Waals surface area contributed by atoms with Gasteiger partial charge in [0.1, 0.15) is 5.82 Å². The molecule has 0 saturated carbocycles. The maximum absolute atomic E-state index is 13.3. The van der Waals surface area contributed by atoms with Crippen molar-refractivity contribution in [2.45, 2.75) is 31.7 Å². The maximum atomic E-state index is 13.3. The van der Waals surface area contributed by atoms with Gasteiger partial charge in [0, 0.05) is 25.4 Å². The molecule has 1 heterocycles. The van der Waals surface area contributed by atoms with Crippen molar-refractivity contribution >= 4 is 11.6 Å². The minimum absolute atomic E-state index is 0.0620. The number of carbonyl (C=O) groups excluding carboxylic acids is 1. The standard InChI is InChI=1S/C21H25FN2O2/c1-2-23-15-16-4-3-5-19(14-16)24-20(25)21(10-12-26-13-11-21)17-6-8-18(22)9-7-17/h3-9,14,23H,2,10-13,15H2,1H3,(H,24,25). The molecule has 5 heteroatoms. The highest BCUT2D eigenvalue weighted by molar-refractivity contribution is 5.99. The van der Waals surface area contributed by atoms with Gasteiger partial charge in [-0.3, -0.25) is 4.79 Å². The number of carbonyl (C=O) groups is 1. The van der Waals surface area contributed by atoms with Crippen molar-refractivity contribution in [3.63, 3.8) is 0 Å². The number of hydrogen-bond acceptors (Lipinski definition) is 3. The predicted molar refractivity (Wildman–Crippen MR) is 101 cm³/mol. The van der Waals surface area contributed by atoms with E-state index in [4.69, 9.17) is 4.74 Å². The molecule has 0 aliphatic carbocycles. The normalized spacial score (nSPS) is 16.2. The Balaban J connectivity index is 1.83. The fraction of sp³-hybridized carbons (Fsp3) is 0.381. The topological polar surface area (TPSA) is 50.4 Å². The van der Waals surface area contributed by atoms with E-state index in [-0.39, 0.29) is 11.7 Å². The van der Waals surface area contributed by atoms with Crippen LogP contribution >= 0.6 is 0 Å². The van der Waals surface area contributed by atoms with Gasteiger partial charge in [-0.15, -0.1) is 0 Å². The first kappa shape index (κ1) is 18.5. The fourth-order valence-electron chi connectivity index (χ4n) is 3.41. The monoisotopic (exact) mass is 356 g/mol. The van der Waals surface area contributed by atoms with Crippen LogP contribution in [0.3, 0.4) is 0 Å². The zero-order valence-electron chi connectivity index (χ0n) is 15.1. The second-order valence-electron chi connectivity index (χ2n) is 6.64. The van der Waals surface area contributed by atoms with Crippen molar-refractivity contribution in [2.24, 2.45) is 0 Å². The molecule has 1 fully saturated rings. The lowest BCUT2D eigenvalue weighted by atomic mass is 9.73. The smallest absolute Gasteiger partial charge is 0.235 e. The highest BCUT2D eigenvalue weighted by Gasteiger charge is 2.41. The molecule has 0 spiro atoms. The molecule has 0 aromatic heterocycles. The number of nitrogens with one attached hydrogen (secondary N) is 2. The lowest BCUT2D eigenvalue weighted by molar-refractivity contribution is -0.125. The van der Waals surface area contributed by atoms with Gasteiger partial charge in [-0.2, -0.15) is 0 Å². The summed E-state index contributed by atoms with van der Waals surface area (Å²) in [6.45, 7) is 4.75. The van der Waals surface area contributed by atoms with E-state index < -0.39 is 5.41 Å². The van der Waals surface area contributed by atoms with Gasteiger partial charge in [0.2, 0.25) is 5.91 Å². The molecule has 2 aromatic rings. The van der Waals surface area contributed by atoms with Crippen molar-refractivity contribution in [1.29, 1.82) is 0 Å². The lowest BCUT2D eigenvalue weighted by Gasteiger charge is -2.36. The molecule has 2 aromatic carbocycles. The van der Waals surface area contributed by atoms with Gasteiger partial charge in [-0.1, -0.05) is 31.2 Å². The fourth-order valence-corrected chi connectivity index (χ4v) is 3.41. The van der Waals surface area contributed by atoms with Gasteiger partial charge in [0.05, 0.1) is 5.41 Å². The molecule has 2 N–H and O–H groups in total. The summed E-state index contributed by atoms with van der Waals surface area (Å²) >= 11 is 0. The summed E-state index contributed by atoms with van der Waals surface area (Å²) in [7, 11) is 0. The van der Waals surface area contributed by atoms with Gasteiger partial charge in [0.25, 0.3) is 0 Å². The first-order valence-electron chi connectivity index (χ1n) is 9.09. The second-order valence-corrected chi connectivity index (χ2v) is 6.64. The number of ether oxygens (including phenoxy) is 1. The lowest BCUT2D eigenvalue weighted by Crippen LogP contribution is -2.44. The Kier molecular flexibility index (Phi) is 6.01. The van der Waals surface area contributed by atoms with E-state index in [1.807, 2.05) is 24.3 Å². The van der Waals surface area contributed by atoms with E-state index in [1.54, 1.807) is 12.1 Å². The van der Waals surface area contributed by atoms with Crippen LogP contribution in [-0.4, -0.2) is 25.7 Å². The largest absolute Gasteiger partial charge is 0.381 e. The molecule has 0 unspecified atom stereocenters. The number of rotatable bonds is 6. The van der Waals surface area contributed by atoms with Gasteiger partial charge in [-0.05, 0) is 54.8 Å².